The highest BCUT2D eigenvalue weighted by Gasteiger charge is 2.31. The molecule has 2 atom stereocenters. The first-order valence-corrected chi connectivity index (χ1v) is 15.3. The van der Waals surface area contributed by atoms with E-state index in [1.165, 1.54) is 110 Å². The molecule has 0 saturated carbocycles. The summed E-state index contributed by atoms with van der Waals surface area (Å²) in [7, 11) is 1.28. The largest absolute Gasteiger partial charge is 0.394 e. The molecule has 0 bridgehead atoms. The molecule has 2 unspecified atom stereocenters. The summed E-state index contributed by atoms with van der Waals surface area (Å²) in [5, 5.41) is 31.6. The van der Waals surface area contributed by atoms with Crippen molar-refractivity contribution in [3.05, 3.63) is 23.5 Å². The number of carbonyl (C=O) groups is 3. The van der Waals surface area contributed by atoms with Gasteiger partial charge < -0.3 is 25.5 Å². The second kappa shape index (κ2) is 21.4. The summed E-state index contributed by atoms with van der Waals surface area (Å²) in [4.78, 5) is 42.7. The lowest BCUT2D eigenvalue weighted by Crippen LogP contribution is -2.45. The molecule has 40 heavy (non-hydrogen) atoms. The van der Waals surface area contributed by atoms with Crippen molar-refractivity contribution < 1.29 is 29.7 Å². The van der Waals surface area contributed by atoms with Crippen LogP contribution in [0.3, 0.4) is 0 Å². The molecule has 1 rings (SSSR count). The van der Waals surface area contributed by atoms with Crippen molar-refractivity contribution >= 4 is 23.3 Å². The number of aliphatic hydroxyl groups excluding tert-OH is 3. The Morgan fingerprint density at radius 1 is 0.850 bits per heavy atom. The van der Waals surface area contributed by atoms with E-state index in [2.05, 4.69) is 17.2 Å². The fraction of sp³-hybridized carbons (Fsp3) is 0.742. The van der Waals surface area contributed by atoms with E-state index >= 15 is 0 Å². The maximum atomic E-state index is 12.9. The number of anilines is 1. The molecule has 228 valence electrons. The topological polar surface area (TPSA) is 140 Å². The standard InChI is InChI=1S/C31H53N3O6/c1-4-5-6-7-8-9-10-11-12-13-14-15-16-17-18-19-21-33-30(39)25-20-22-32-27(24(2)36)28(25)34(3)31(40)29(38)26(37)23-35/h20,22,26,29,35,37-38H,4-19,21,23H2,1-3H3,(H,33,39). The number of aromatic nitrogens is 1. The van der Waals surface area contributed by atoms with Gasteiger partial charge in [0.15, 0.2) is 11.9 Å². The SMILES string of the molecule is CCCCCCCCCCCCCCCCCCNC(=O)c1ccnc(C(C)=O)c1N(C)C(=O)C(O)C(O)CO. The molecule has 9 nitrogen and oxygen atoms in total. The number of unbranched alkanes of at least 4 members (excludes halogenated alkanes) is 15. The molecule has 0 aliphatic rings. The van der Waals surface area contributed by atoms with E-state index in [9.17, 15) is 24.6 Å². The van der Waals surface area contributed by atoms with E-state index in [1.807, 2.05) is 0 Å². The van der Waals surface area contributed by atoms with Crippen molar-refractivity contribution in [3.63, 3.8) is 0 Å². The minimum atomic E-state index is -1.92. The molecule has 4 N–H and O–H groups in total. The van der Waals surface area contributed by atoms with Gasteiger partial charge in [0.2, 0.25) is 0 Å². The molecule has 1 aromatic rings. The van der Waals surface area contributed by atoms with Crippen LogP contribution in [-0.4, -0.2) is 70.3 Å². The van der Waals surface area contributed by atoms with E-state index in [0.717, 1.165) is 24.2 Å². The predicted molar refractivity (Wildman–Crippen MR) is 159 cm³/mol. The van der Waals surface area contributed by atoms with Gasteiger partial charge in [-0.15, -0.1) is 0 Å². The Kier molecular flexibility index (Phi) is 19.1. The number of aliphatic hydroxyl groups is 3. The Hall–Kier alpha value is -2.36. The van der Waals surface area contributed by atoms with Crippen molar-refractivity contribution in [3.8, 4) is 0 Å². The van der Waals surface area contributed by atoms with Gasteiger partial charge in [0.1, 0.15) is 11.8 Å². The quantitative estimate of drug-likeness (QED) is 0.109. The number of pyridine rings is 1. The van der Waals surface area contributed by atoms with Gasteiger partial charge in [0.05, 0.1) is 17.9 Å². The number of rotatable bonds is 23. The fourth-order valence-electron chi connectivity index (χ4n) is 4.78. The minimum Gasteiger partial charge on any atom is -0.394 e. The Morgan fingerprint density at radius 3 is 1.77 bits per heavy atom. The maximum Gasteiger partial charge on any atom is 0.258 e. The number of hydrogen-bond donors (Lipinski definition) is 4. The van der Waals surface area contributed by atoms with Gasteiger partial charge in [0, 0.05) is 26.7 Å². The van der Waals surface area contributed by atoms with Crippen LogP contribution in [0.25, 0.3) is 0 Å². The Labute approximate surface area is 240 Å². The van der Waals surface area contributed by atoms with Gasteiger partial charge in [-0.3, -0.25) is 19.4 Å². The molecule has 0 aromatic carbocycles. The Balaban J connectivity index is 2.36. The van der Waals surface area contributed by atoms with Gasteiger partial charge >= 0.3 is 0 Å². The van der Waals surface area contributed by atoms with Crippen LogP contribution in [0, 0.1) is 0 Å². The van der Waals surface area contributed by atoms with Crippen LogP contribution in [-0.2, 0) is 4.79 Å². The Bertz CT molecular complexity index is 879. The molecule has 2 amide bonds. The van der Waals surface area contributed by atoms with Crippen LogP contribution < -0.4 is 10.2 Å². The summed E-state index contributed by atoms with van der Waals surface area (Å²) in [5.74, 6) is -1.89. The first-order chi connectivity index (χ1) is 19.3. The summed E-state index contributed by atoms with van der Waals surface area (Å²) in [6, 6.07) is 1.41. The normalized spacial score (nSPS) is 12.7. The summed E-state index contributed by atoms with van der Waals surface area (Å²) in [6.07, 6.45) is 18.0. The summed E-state index contributed by atoms with van der Waals surface area (Å²) in [5.41, 5.74) is -0.0801. The lowest BCUT2D eigenvalue weighted by molar-refractivity contribution is -0.133. The Morgan fingerprint density at radius 2 is 1.32 bits per heavy atom. The third-order valence-electron chi connectivity index (χ3n) is 7.29. The molecule has 1 heterocycles. The van der Waals surface area contributed by atoms with Gasteiger partial charge in [-0.1, -0.05) is 103 Å². The number of nitrogens with zero attached hydrogens (tertiary/aromatic N) is 2. The van der Waals surface area contributed by atoms with Crippen LogP contribution >= 0.6 is 0 Å². The second-order valence-electron chi connectivity index (χ2n) is 10.8. The first-order valence-electron chi connectivity index (χ1n) is 15.3. The van der Waals surface area contributed by atoms with E-state index in [0.29, 0.717) is 6.54 Å². The second-order valence-corrected chi connectivity index (χ2v) is 10.8. The molecule has 0 aliphatic carbocycles. The highest BCUT2D eigenvalue weighted by atomic mass is 16.4. The van der Waals surface area contributed by atoms with Crippen LogP contribution in [0.4, 0.5) is 5.69 Å². The van der Waals surface area contributed by atoms with Crippen LogP contribution in [0.5, 0.6) is 0 Å². The van der Waals surface area contributed by atoms with Gasteiger partial charge in [0.25, 0.3) is 11.8 Å². The molecule has 1 aromatic heterocycles. The van der Waals surface area contributed by atoms with Gasteiger partial charge in [-0.25, -0.2) is 0 Å². The zero-order chi connectivity index (χ0) is 29.8. The monoisotopic (exact) mass is 563 g/mol. The molecule has 9 heteroatoms. The highest BCUT2D eigenvalue weighted by molar-refractivity contribution is 6.11. The van der Waals surface area contributed by atoms with Crippen molar-refractivity contribution in [1.29, 1.82) is 0 Å². The fourth-order valence-corrected chi connectivity index (χ4v) is 4.78. The summed E-state index contributed by atoms with van der Waals surface area (Å²) in [6.45, 7) is 3.16. The van der Waals surface area contributed by atoms with E-state index in [1.54, 1.807) is 0 Å². The molecular weight excluding hydrogens is 510 g/mol. The number of carbonyl (C=O) groups excluding carboxylic acids is 3. The smallest absolute Gasteiger partial charge is 0.258 e. The van der Waals surface area contributed by atoms with Gasteiger partial charge in [-0.2, -0.15) is 0 Å². The van der Waals surface area contributed by atoms with Crippen LogP contribution in [0.2, 0.25) is 0 Å². The van der Waals surface area contributed by atoms with E-state index in [-0.39, 0.29) is 16.9 Å². The predicted octanol–water partition coefficient (Wildman–Crippen LogP) is 4.95. The zero-order valence-corrected chi connectivity index (χ0v) is 25.0. The van der Waals surface area contributed by atoms with Gasteiger partial charge in [-0.05, 0) is 12.5 Å². The number of likely N-dealkylation sites (N-methyl/N-ethyl adjacent to an activating group) is 1. The van der Waals surface area contributed by atoms with Crippen molar-refractivity contribution in [1.82, 2.24) is 10.3 Å². The minimum absolute atomic E-state index is 0.0475. The number of amides is 2. The molecule has 0 spiro atoms. The van der Waals surface area contributed by atoms with E-state index in [4.69, 9.17) is 5.11 Å². The molecular formula is C31H53N3O6. The number of nitrogens with one attached hydrogen (secondary N) is 1. The first kappa shape index (κ1) is 35.7. The molecule has 0 saturated heterocycles. The third kappa shape index (κ3) is 13.3. The zero-order valence-electron chi connectivity index (χ0n) is 25.0. The summed E-state index contributed by atoms with van der Waals surface area (Å²) >= 11 is 0. The number of Topliss-reactive ketones (excluding diaryl/α,β-unsaturated/α-hetero) is 1. The van der Waals surface area contributed by atoms with Crippen LogP contribution in [0.1, 0.15) is 137 Å². The third-order valence-corrected chi connectivity index (χ3v) is 7.29. The van der Waals surface area contributed by atoms with Crippen molar-refractivity contribution in [2.24, 2.45) is 0 Å². The number of ketones is 1. The lowest BCUT2D eigenvalue weighted by Gasteiger charge is -2.25. The van der Waals surface area contributed by atoms with E-state index < -0.39 is 36.4 Å². The molecule has 0 aliphatic heterocycles. The van der Waals surface area contributed by atoms with Crippen molar-refractivity contribution in [2.45, 2.75) is 129 Å². The average molecular weight is 564 g/mol. The number of hydrogen-bond acceptors (Lipinski definition) is 7. The highest BCUT2D eigenvalue weighted by Crippen LogP contribution is 2.25. The summed E-state index contributed by atoms with van der Waals surface area (Å²) < 4.78 is 0. The molecule has 0 radical (unpaired) electrons. The van der Waals surface area contributed by atoms with Crippen molar-refractivity contribution in [2.75, 3.05) is 25.1 Å². The van der Waals surface area contributed by atoms with Crippen LogP contribution in [0.15, 0.2) is 12.3 Å². The molecule has 0 fully saturated rings. The maximum absolute atomic E-state index is 12.9. The average Bonchev–Trinajstić information content (AvgIpc) is 2.96. The lowest BCUT2D eigenvalue weighted by atomic mass is 10.0.